The molecular formula is C32H31FN2O5. The molecule has 1 aliphatic rings. The van der Waals surface area contributed by atoms with Gasteiger partial charge in [-0.2, -0.15) is 0 Å². The summed E-state index contributed by atoms with van der Waals surface area (Å²) >= 11 is 0. The molecule has 1 saturated heterocycles. The Balaban J connectivity index is 1.40. The van der Waals surface area contributed by atoms with Gasteiger partial charge in [0.1, 0.15) is 11.4 Å². The topological polar surface area (TPSA) is 80.1 Å². The van der Waals surface area contributed by atoms with Gasteiger partial charge in [-0.25, -0.2) is 4.39 Å². The molecule has 3 aromatic carbocycles. The number of hydrogen-bond donors (Lipinski definition) is 0. The summed E-state index contributed by atoms with van der Waals surface area (Å²) in [5.41, 5.74) is 2.10. The normalized spacial score (nSPS) is 14.8. The fourth-order valence-corrected chi connectivity index (χ4v) is 4.91. The molecule has 7 nitrogen and oxygen atoms in total. The lowest BCUT2D eigenvalue weighted by Crippen LogP contribution is -2.46. The zero-order chi connectivity index (χ0) is 27.9. The lowest BCUT2D eigenvalue weighted by molar-refractivity contribution is -0.142. The van der Waals surface area contributed by atoms with Gasteiger partial charge in [-0.15, -0.1) is 0 Å². The first kappa shape index (κ1) is 27.3. The predicted molar refractivity (Wildman–Crippen MR) is 149 cm³/mol. The molecule has 0 N–H and O–H groups in total. The van der Waals surface area contributed by atoms with Crippen molar-refractivity contribution >= 4 is 22.8 Å². The largest absolute Gasteiger partial charge is 0.464 e. The van der Waals surface area contributed by atoms with Crippen molar-refractivity contribution < 1.29 is 23.1 Å². The van der Waals surface area contributed by atoms with E-state index in [2.05, 4.69) is 0 Å². The maximum atomic E-state index is 13.8. The van der Waals surface area contributed by atoms with E-state index in [0.29, 0.717) is 35.2 Å². The minimum atomic E-state index is -0.383. The van der Waals surface area contributed by atoms with Gasteiger partial charge >= 0.3 is 0 Å². The van der Waals surface area contributed by atoms with E-state index in [1.54, 1.807) is 41.3 Å². The molecule has 0 spiro atoms. The van der Waals surface area contributed by atoms with Crippen LogP contribution >= 0.6 is 0 Å². The van der Waals surface area contributed by atoms with Crippen LogP contribution in [0.2, 0.25) is 0 Å². The maximum absolute atomic E-state index is 13.8. The highest BCUT2D eigenvalue weighted by molar-refractivity contribution is 5.86. The zero-order valence-corrected chi connectivity index (χ0v) is 22.1. The highest BCUT2D eigenvalue weighted by Gasteiger charge is 2.27. The second kappa shape index (κ2) is 12.7. The van der Waals surface area contributed by atoms with E-state index >= 15 is 0 Å². The Morgan fingerprint density at radius 1 is 0.850 bits per heavy atom. The average molecular weight is 543 g/mol. The van der Waals surface area contributed by atoms with Gasteiger partial charge in [0.05, 0.1) is 42.8 Å². The summed E-state index contributed by atoms with van der Waals surface area (Å²) < 4.78 is 25.0. The summed E-state index contributed by atoms with van der Waals surface area (Å²) in [6, 6.07) is 22.2. The maximum Gasteiger partial charge on any atom is 0.242 e. The van der Waals surface area contributed by atoms with Crippen LogP contribution in [0.4, 0.5) is 4.39 Å². The van der Waals surface area contributed by atoms with E-state index in [9.17, 15) is 18.8 Å². The standard InChI is InChI=1S/C32H31FN2O5/c33-26-14-12-24(13-15-26)18-34(19-25-22-40-29-11-5-4-10-28(29)32(25)38)31(37)21-35(20-27-9-6-16-39-27)30(36)17-23-7-2-1-3-8-23/h1-5,7-8,10-15,22,27H,6,9,16-21H2. The zero-order valence-electron chi connectivity index (χ0n) is 22.1. The van der Waals surface area contributed by atoms with Crippen molar-refractivity contribution in [2.45, 2.75) is 38.5 Å². The molecule has 0 aliphatic carbocycles. The Bertz CT molecular complexity index is 1510. The van der Waals surface area contributed by atoms with Crippen LogP contribution in [0.3, 0.4) is 0 Å². The molecule has 1 aromatic heterocycles. The first-order valence-electron chi connectivity index (χ1n) is 13.4. The average Bonchev–Trinajstić information content (AvgIpc) is 3.48. The van der Waals surface area contributed by atoms with Crippen LogP contribution in [0.5, 0.6) is 0 Å². The smallest absolute Gasteiger partial charge is 0.242 e. The summed E-state index contributed by atoms with van der Waals surface area (Å²) in [5.74, 6) is -0.899. The second-order valence-corrected chi connectivity index (χ2v) is 10.0. The van der Waals surface area contributed by atoms with E-state index in [1.807, 2.05) is 30.3 Å². The van der Waals surface area contributed by atoms with Crippen LogP contribution < -0.4 is 5.43 Å². The molecule has 40 heavy (non-hydrogen) atoms. The highest BCUT2D eigenvalue weighted by Crippen LogP contribution is 2.17. The van der Waals surface area contributed by atoms with Crippen LogP contribution in [-0.2, 0) is 33.8 Å². The van der Waals surface area contributed by atoms with Crippen molar-refractivity contribution in [3.8, 4) is 0 Å². The number of para-hydroxylation sites is 1. The van der Waals surface area contributed by atoms with Crippen LogP contribution in [0.1, 0.15) is 29.5 Å². The molecule has 1 fully saturated rings. The number of carbonyl (C=O) groups excluding carboxylic acids is 2. The molecule has 1 aliphatic heterocycles. The van der Waals surface area contributed by atoms with Gasteiger partial charge in [0, 0.05) is 19.7 Å². The number of hydrogen-bond acceptors (Lipinski definition) is 5. The summed E-state index contributed by atoms with van der Waals surface area (Å²) in [7, 11) is 0. The lowest BCUT2D eigenvalue weighted by atomic mass is 10.1. The number of fused-ring (bicyclic) bond motifs is 1. The van der Waals surface area contributed by atoms with Crippen molar-refractivity contribution in [1.82, 2.24) is 9.80 Å². The van der Waals surface area contributed by atoms with Gasteiger partial charge in [0.15, 0.2) is 5.43 Å². The van der Waals surface area contributed by atoms with Crippen LogP contribution in [0.25, 0.3) is 11.0 Å². The minimum Gasteiger partial charge on any atom is -0.464 e. The first-order chi connectivity index (χ1) is 19.5. The van der Waals surface area contributed by atoms with Crippen molar-refractivity contribution in [2.24, 2.45) is 0 Å². The number of carbonyl (C=O) groups is 2. The summed E-state index contributed by atoms with van der Waals surface area (Å²) in [6.07, 6.45) is 3.13. The number of ether oxygens (including phenoxy) is 1. The van der Waals surface area contributed by atoms with Crippen LogP contribution in [-0.4, -0.2) is 47.4 Å². The first-order valence-corrected chi connectivity index (χ1v) is 13.4. The van der Waals surface area contributed by atoms with Gasteiger partial charge in [-0.3, -0.25) is 14.4 Å². The second-order valence-electron chi connectivity index (χ2n) is 10.0. The summed E-state index contributed by atoms with van der Waals surface area (Å²) in [4.78, 5) is 43.5. The number of nitrogens with zero attached hydrogens (tertiary/aromatic N) is 2. The summed E-state index contributed by atoms with van der Waals surface area (Å²) in [6.45, 7) is 0.870. The molecular weight excluding hydrogens is 511 g/mol. The lowest BCUT2D eigenvalue weighted by Gasteiger charge is -2.29. The number of rotatable bonds is 10. The number of halogens is 1. The molecule has 1 unspecified atom stereocenters. The Morgan fingerprint density at radius 2 is 1.60 bits per heavy atom. The molecule has 0 radical (unpaired) electrons. The third kappa shape index (κ3) is 6.82. The number of benzene rings is 3. The van der Waals surface area contributed by atoms with Crippen molar-refractivity contribution in [1.29, 1.82) is 0 Å². The molecule has 2 amide bonds. The summed E-state index contributed by atoms with van der Waals surface area (Å²) in [5, 5.41) is 0.423. The minimum absolute atomic E-state index is 0.0238. The number of amides is 2. The molecule has 0 bridgehead atoms. The van der Waals surface area contributed by atoms with E-state index in [1.165, 1.54) is 23.3 Å². The van der Waals surface area contributed by atoms with Crippen molar-refractivity contribution in [2.75, 3.05) is 19.7 Å². The SMILES string of the molecule is O=C(CN(CC1CCCO1)C(=O)Cc1ccccc1)N(Cc1ccc(F)cc1)Cc1coc2ccccc2c1=O. The van der Waals surface area contributed by atoms with Gasteiger partial charge in [-0.1, -0.05) is 54.6 Å². The highest BCUT2D eigenvalue weighted by atomic mass is 19.1. The molecule has 4 aromatic rings. The van der Waals surface area contributed by atoms with E-state index in [-0.39, 0.29) is 55.2 Å². The van der Waals surface area contributed by atoms with Crippen LogP contribution in [0, 0.1) is 5.82 Å². The van der Waals surface area contributed by atoms with E-state index in [4.69, 9.17) is 9.15 Å². The molecule has 0 saturated carbocycles. The molecule has 8 heteroatoms. The Morgan fingerprint density at radius 3 is 2.35 bits per heavy atom. The van der Waals surface area contributed by atoms with Crippen molar-refractivity contribution in [3.63, 3.8) is 0 Å². The third-order valence-electron chi connectivity index (χ3n) is 7.08. The van der Waals surface area contributed by atoms with Gasteiger partial charge < -0.3 is 19.0 Å². The van der Waals surface area contributed by atoms with Crippen LogP contribution in [0.15, 0.2) is 94.3 Å². The van der Waals surface area contributed by atoms with E-state index < -0.39 is 0 Å². The fourth-order valence-electron chi connectivity index (χ4n) is 4.91. The predicted octanol–water partition coefficient (Wildman–Crippen LogP) is 4.71. The van der Waals surface area contributed by atoms with Gasteiger partial charge in [0.25, 0.3) is 0 Å². The molecule has 5 rings (SSSR count). The van der Waals surface area contributed by atoms with Gasteiger partial charge in [0.2, 0.25) is 11.8 Å². The Labute approximate surface area is 231 Å². The Kier molecular flexibility index (Phi) is 8.66. The Hall–Kier alpha value is -4.30. The molecule has 2 heterocycles. The molecule has 1 atom stereocenters. The third-order valence-corrected chi connectivity index (χ3v) is 7.08. The quantitative estimate of drug-likeness (QED) is 0.290. The van der Waals surface area contributed by atoms with E-state index in [0.717, 1.165) is 18.4 Å². The fraction of sp³-hybridized carbons (Fsp3) is 0.281. The monoisotopic (exact) mass is 542 g/mol. The van der Waals surface area contributed by atoms with Gasteiger partial charge in [-0.05, 0) is 48.2 Å². The molecule has 206 valence electrons. The van der Waals surface area contributed by atoms with Crippen molar-refractivity contribution in [3.05, 3.63) is 118 Å².